The summed E-state index contributed by atoms with van der Waals surface area (Å²) >= 11 is 0. The Bertz CT molecular complexity index is 931. The van der Waals surface area contributed by atoms with Crippen LogP contribution >= 0.6 is 0 Å². The van der Waals surface area contributed by atoms with Gasteiger partial charge >= 0.3 is 5.69 Å². The summed E-state index contributed by atoms with van der Waals surface area (Å²) in [6.07, 6.45) is 0. The molecule has 12 heteroatoms. The number of ether oxygens (including phenoxy) is 1. The highest BCUT2D eigenvalue weighted by Crippen LogP contribution is 2.25. The maximum Gasteiger partial charge on any atom is 0.310 e. The van der Waals surface area contributed by atoms with Gasteiger partial charge in [-0.15, -0.1) is 4.83 Å². The molecule has 2 aromatic rings. The van der Waals surface area contributed by atoms with Gasteiger partial charge in [-0.05, 0) is 18.2 Å². The molecule has 0 aliphatic carbocycles. The number of carbonyl (C=O) groups is 1. The molecule has 2 aromatic carbocycles. The zero-order chi connectivity index (χ0) is 19.3. The quantitative estimate of drug-likeness (QED) is 0.544. The molecule has 9 nitrogen and oxygen atoms in total. The Morgan fingerprint density at radius 3 is 2.35 bits per heavy atom. The standard InChI is InChI=1S/C14H11F2N3O6S/c15-9-4-3-5-10(16)14(9)26(23,24)18-17-13(20)8-25-12-7-2-1-6-11(12)19(21)22/h1-7,18H,8H2,(H,17,20). The Balaban J connectivity index is 2.00. The molecule has 0 saturated heterocycles. The first-order valence-electron chi connectivity index (χ1n) is 6.83. The maximum absolute atomic E-state index is 13.5. The number of nitrogens with one attached hydrogen (secondary N) is 2. The number of carbonyl (C=O) groups excluding carboxylic acids is 1. The van der Waals surface area contributed by atoms with Gasteiger partial charge < -0.3 is 4.74 Å². The van der Waals surface area contributed by atoms with E-state index in [1.54, 1.807) is 5.43 Å². The van der Waals surface area contributed by atoms with Crippen molar-refractivity contribution in [3.63, 3.8) is 0 Å². The van der Waals surface area contributed by atoms with Crippen LogP contribution in [-0.4, -0.2) is 25.9 Å². The van der Waals surface area contributed by atoms with Crippen LogP contribution in [0.5, 0.6) is 5.75 Å². The van der Waals surface area contributed by atoms with E-state index in [2.05, 4.69) is 0 Å². The van der Waals surface area contributed by atoms with E-state index >= 15 is 0 Å². The van der Waals surface area contributed by atoms with Gasteiger partial charge in [-0.2, -0.15) is 0 Å². The van der Waals surface area contributed by atoms with Crippen LogP contribution in [0.3, 0.4) is 0 Å². The van der Waals surface area contributed by atoms with E-state index in [0.29, 0.717) is 0 Å². The third kappa shape index (κ3) is 4.49. The van der Waals surface area contributed by atoms with Crippen LogP contribution in [0.15, 0.2) is 47.4 Å². The van der Waals surface area contributed by atoms with Gasteiger partial charge in [0.15, 0.2) is 17.3 Å². The van der Waals surface area contributed by atoms with Crippen LogP contribution in [0.25, 0.3) is 0 Å². The average Bonchev–Trinajstić information content (AvgIpc) is 2.58. The van der Waals surface area contributed by atoms with Crippen molar-refractivity contribution in [2.45, 2.75) is 4.90 Å². The van der Waals surface area contributed by atoms with Gasteiger partial charge in [0.25, 0.3) is 15.9 Å². The first-order valence-corrected chi connectivity index (χ1v) is 8.31. The minimum Gasteiger partial charge on any atom is -0.477 e. The Morgan fingerprint density at radius 2 is 1.73 bits per heavy atom. The zero-order valence-corrected chi connectivity index (χ0v) is 13.6. The van der Waals surface area contributed by atoms with Gasteiger partial charge in [-0.3, -0.25) is 20.3 Å². The van der Waals surface area contributed by atoms with E-state index in [9.17, 15) is 32.1 Å². The smallest absolute Gasteiger partial charge is 0.310 e. The van der Waals surface area contributed by atoms with Crippen molar-refractivity contribution >= 4 is 21.6 Å². The first-order chi connectivity index (χ1) is 12.2. The molecule has 1 amide bonds. The number of nitro benzene ring substituents is 1. The number of amides is 1. The van der Waals surface area contributed by atoms with Crippen molar-refractivity contribution in [1.29, 1.82) is 0 Å². The Hall–Kier alpha value is -3.12. The molecule has 26 heavy (non-hydrogen) atoms. The van der Waals surface area contributed by atoms with Gasteiger partial charge in [0.05, 0.1) is 4.92 Å². The molecular formula is C14H11F2N3O6S. The number of nitro groups is 1. The predicted molar refractivity (Wildman–Crippen MR) is 83.4 cm³/mol. The second-order valence-corrected chi connectivity index (χ2v) is 6.34. The molecule has 0 aromatic heterocycles. The minimum atomic E-state index is -4.72. The molecule has 0 aliphatic heterocycles. The zero-order valence-electron chi connectivity index (χ0n) is 12.8. The van der Waals surface area contributed by atoms with Gasteiger partial charge in [-0.25, -0.2) is 17.2 Å². The molecule has 2 rings (SSSR count). The van der Waals surface area contributed by atoms with E-state index in [-0.39, 0.29) is 5.75 Å². The molecule has 138 valence electrons. The summed E-state index contributed by atoms with van der Waals surface area (Å²) in [5, 5.41) is 10.8. The molecule has 0 heterocycles. The number of benzene rings is 2. The number of halogens is 2. The molecule has 2 N–H and O–H groups in total. The van der Waals surface area contributed by atoms with Crippen molar-refractivity contribution in [3.8, 4) is 5.75 Å². The van der Waals surface area contributed by atoms with Crippen molar-refractivity contribution in [3.05, 3.63) is 64.2 Å². The topological polar surface area (TPSA) is 128 Å². The number of hydrogen-bond acceptors (Lipinski definition) is 6. The lowest BCUT2D eigenvalue weighted by Gasteiger charge is -2.10. The Morgan fingerprint density at radius 1 is 1.12 bits per heavy atom. The van der Waals surface area contributed by atoms with E-state index in [1.807, 2.05) is 0 Å². The van der Waals surface area contributed by atoms with Crippen LogP contribution in [0, 0.1) is 21.7 Å². The fraction of sp³-hybridized carbons (Fsp3) is 0.0714. The monoisotopic (exact) mass is 387 g/mol. The number of para-hydroxylation sites is 2. The summed E-state index contributed by atoms with van der Waals surface area (Å²) in [5.74, 6) is -3.95. The van der Waals surface area contributed by atoms with Crippen molar-refractivity contribution in [2.75, 3.05) is 6.61 Å². The summed E-state index contributed by atoms with van der Waals surface area (Å²) in [6, 6.07) is 7.66. The number of hydrogen-bond donors (Lipinski definition) is 2. The average molecular weight is 387 g/mol. The lowest BCUT2D eigenvalue weighted by atomic mass is 10.3. The van der Waals surface area contributed by atoms with Crippen LogP contribution in [0.4, 0.5) is 14.5 Å². The van der Waals surface area contributed by atoms with Crippen LogP contribution < -0.4 is 15.0 Å². The molecule has 0 atom stereocenters. The Labute approximate surface area is 145 Å². The Kier molecular flexibility index (Phi) is 5.79. The van der Waals surface area contributed by atoms with Gasteiger partial charge in [0.2, 0.25) is 0 Å². The van der Waals surface area contributed by atoms with E-state index < -0.39 is 49.7 Å². The molecule has 0 unspecified atom stereocenters. The lowest BCUT2D eigenvalue weighted by molar-refractivity contribution is -0.385. The van der Waals surface area contributed by atoms with E-state index in [4.69, 9.17) is 4.74 Å². The lowest BCUT2D eigenvalue weighted by Crippen LogP contribution is -2.44. The molecule has 0 saturated carbocycles. The van der Waals surface area contributed by atoms with Gasteiger partial charge in [0, 0.05) is 6.07 Å². The summed E-state index contributed by atoms with van der Waals surface area (Å²) in [7, 11) is -4.72. The third-order valence-electron chi connectivity index (χ3n) is 2.93. The van der Waals surface area contributed by atoms with Crippen molar-refractivity contribution in [2.24, 2.45) is 0 Å². The number of hydrazine groups is 1. The fourth-order valence-corrected chi connectivity index (χ4v) is 2.82. The number of nitrogens with zero attached hydrogens (tertiary/aromatic N) is 1. The molecule has 0 fully saturated rings. The summed E-state index contributed by atoms with van der Waals surface area (Å²) in [6.45, 7) is -0.785. The SMILES string of the molecule is O=C(COc1ccccc1[N+](=O)[O-])NNS(=O)(=O)c1c(F)cccc1F. The highest BCUT2D eigenvalue weighted by molar-refractivity contribution is 7.89. The summed E-state index contributed by atoms with van der Waals surface area (Å²) < 4.78 is 55.7. The normalized spacial score (nSPS) is 11.0. The maximum atomic E-state index is 13.5. The second kappa shape index (κ2) is 7.84. The largest absolute Gasteiger partial charge is 0.477 e. The van der Waals surface area contributed by atoms with E-state index in [1.165, 1.54) is 23.0 Å². The highest BCUT2D eigenvalue weighted by Gasteiger charge is 2.24. The van der Waals surface area contributed by atoms with Crippen LogP contribution in [-0.2, 0) is 14.8 Å². The molecule has 0 spiro atoms. The van der Waals surface area contributed by atoms with Crippen molar-refractivity contribution < 1.29 is 31.7 Å². The van der Waals surface area contributed by atoms with Crippen LogP contribution in [0.2, 0.25) is 0 Å². The fourth-order valence-electron chi connectivity index (χ4n) is 1.82. The van der Waals surface area contributed by atoms with E-state index in [0.717, 1.165) is 24.3 Å². The number of rotatable bonds is 7. The molecule has 0 bridgehead atoms. The van der Waals surface area contributed by atoms with Crippen molar-refractivity contribution in [1.82, 2.24) is 10.3 Å². The minimum absolute atomic E-state index is 0.212. The third-order valence-corrected chi connectivity index (χ3v) is 4.23. The molecule has 0 aliphatic rings. The highest BCUT2D eigenvalue weighted by atomic mass is 32.2. The molecular weight excluding hydrogens is 376 g/mol. The molecule has 0 radical (unpaired) electrons. The second-order valence-electron chi connectivity index (χ2n) is 4.72. The van der Waals surface area contributed by atoms with Crippen LogP contribution in [0.1, 0.15) is 0 Å². The van der Waals surface area contributed by atoms with Gasteiger partial charge in [-0.1, -0.05) is 18.2 Å². The summed E-state index contributed by atoms with van der Waals surface area (Å²) in [5.41, 5.74) is 1.30. The first kappa shape index (κ1) is 19.2. The van der Waals surface area contributed by atoms with Gasteiger partial charge in [0.1, 0.15) is 11.6 Å². The predicted octanol–water partition coefficient (Wildman–Crippen LogP) is 1.26. The number of sulfonamides is 1. The summed E-state index contributed by atoms with van der Waals surface area (Å²) in [4.78, 5) is 22.0.